The fourth-order valence-corrected chi connectivity index (χ4v) is 3.01. The van der Waals surface area contributed by atoms with Crippen molar-refractivity contribution in [3.63, 3.8) is 0 Å². The lowest BCUT2D eigenvalue weighted by molar-refractivity contribution is 0.283. The van der Waals surface area contributed by atoms with Gasteiger partial charge in [-0.2, -0.15) is 4.98 Å². The van der Waals surface area contributed by atoms with Crippen LogP contribution in [0.3, 0.4) is 0 Å². The van der Waals surface area contributed by atoms with E-state index in [0.29, 0.717) is 22.3 Å². The van der Waals surface area contributed by atoms with Crippen LogP contribution in [0.25, 0.3) is 0 Å². The summed E-state index contributed by atoms with van der Waals surface area (Å²) < 4.78 is 19.2. The van der Waals surface area contributed by atoms with Crippen LogP contribution in [0.15, 0.2) is 22.7 Å². The molecule has 3 rings (SSSR count). The summed E-state index contributed by atoms with van der Waals surface area (Å²) in [7, 11) is 0. The van der Waals surface area contributed by atoms with Crippen LogP contribution in [-0.2, 0) is 11.8 Å². The van der Waals surface area contributed by atoms with E-state index in [-0.39, 0.29) is 17.7 Å². The molecule has 1 unspecified atom stereocenters. The summed E-state index contributed by atoms with van der Waals surface area (Å²) >= 11 is 6.03. The topological polar surface area (TPSA) is 51.0 Å². The molecule has 0 saturated carbocycles. The van der Waals surface area contributed by atoms with E-state index < -0.39 is 0 Å². The maximum Gasteiger partial charge on any atom is 0.234 e. The average molecular weight is 310 g/mol. The molecule has 1 aromatic carbocycles. The maximum atomic E-state index is 13.8. The summed E-state index contributed by atoms with van der Waals surface area (Å²) in [6.07, 6.45) is 2.15. The molecule has 4 nitrogen and oxygen atoms in total. The second-order valence-corrected chi connectivity index (χ2v) is 5.86. The quantitative estimate of drug-likeness (QED) is 0.943. The zero-order valence-electron chi connectivity index (χ0n) is 11.8. The fourth-order valence-electron chi connectivity index (χ4n) is 2.78. The predicted octanol–water partition coefficient (Wildman–Crippen LogP) is 3.09. The van der Waals surface area contributed by atoms with E-state index in [9.17, 15) is 4.39 Å². The van der Waals surface area contributed by atoms with Gasteiger partial charge in [0, 0.05) is 23.6 Å². The first-order valence-corrected chi connectivity index (χ1v) is 7.49. The summed E-state index contributed by atoms with van der Waals surface area (Å²) in [6.45, 7) is 3.90. The number of rotatable bonds is 4. The van der Waals surface area contributed by atoms with Crippen LogP contribution in [-0.4, -0.2) is 23.2 Å². The van der Waals surface area contributed by atoms with Gasteiger partial charge in [-0.25, -0.2) is 4.39 Å². The lowest BCUT2D eigenvalue weighted by atomic mass is 9.84. The standard InChI is InChI=1S/C15H17ClFN3O/c1-2-15(6-7-18-9-15)14-19-13(20-21-14)8-10-11(16)4-3-5-12(10)17/h3-5,18H,2,6-9H2,1H3. The minimum Gasteiger partial charge on any atom is -0.339 e. The van der Waals surface area contributed by atoms with Gasteiger partial charge in [0.1, 0.15) is 5.82 Å². The third-order valence-electron chi connectivity index (χ3n) is 4.24. The highest BCUT2D eigenvalue weighted by Crippen LogP contribution is 2.33. The van der Waals surface area contributed by atoms with Crippen molar-refractivity contribution in [2.75, 3.05) is 13.1 Å². The molecule has 0 radical (unpaired) electrons. The first kappa shape index (κ1) is 14.5. The van der Waals surface area contributed by atoms with Crippen LogP contribution in [0.2, 0.25) is 5.02 Å². The van der Waals surface area contributed by atoms with Gasteiger partial charge in [0.05, 0.1) is 5.41 Å². The summed E-state index contributed by atoms with van der Waals surface area (Å²) in [4.78, 5) is 4.47. The fraction of sp³-hybridized carbons (Fsp3) is 0.467. The van der Waals surface area contributed by atoms with Gasteiger partial charge in [-0.15, -0.1) is 0 Å². The van der Waals surface area contributed by atoms with Crippen molar-refractivity contribution in [2.24, 2.45) is 0 Å². The molecule has 1 atom stereocenters. The molecule has 1 fully saturated rings. The number of halogens is 2. The number of nitrogens with zero attached hydrogens (tertiary/aromatic N) is 2. The Labute approximate surface area is 127 Å². The van der Waals surface area contributed by atoms with Gasteiger partial charge < -0.3 is 9.84 Å². The Kier molecular flexibility index (Phi) is 3.95. The van der Waals surface area contributed by atoms with Crippen LogP contribution in [0.5, 0.6) is 0 Å². The van der Waals surface area contributed by atoms with Gasteiger partial charge >= 0.3 is 0 Å². The monoisotopic (exact) mass is 309 g/mol. The highest BCUT2D eigenvalue weighted by Gasteiger charge is 2.39. The van der Waals surface area contributed by atoms with E-state index in [0.717, 1.165) is 25.9 Å². The molecule has 21 heavy (non-hydrogen) atoms. The summed E-state index contributed by atoms with van der Waals surface area (Å²) in [5.41, 5.74) is 0.311. The number of hydrogen-bond acceptors (Lipinski definition) is 4. The smallest absolute Gasteiger partial charge is 0.234 e. The number of nitrogens with one attached hydrogen (secondary N) is 1. The van der Waals surface area contributed by atoms with E-state index in [1.807, 2.05) is 0 Å². The van der Waals surface area contributed by atoms with E-state index >= 15 is 0 Å². The molecule has 1 aliphatic heterocycles. The predicted molar refractivity (Wildman–Crippen MR) is 78.0 cm³/mol. The summed E-state index contributed by atoms with van der Waals surface area (Å²) in [5.74, 6) is 0.760. The SMILES string of the molecule is CCC1(c2nc(Cc3c(F)cccc3Cl)no2)CCNC1. The average Bonchev–Trinajstić information content (AvgIpc) is 3.13. The van der Waals surface area contributed by atoms with Gasteiger partial charge in [-0.3, -0.25) is 0 Å². The Balaban J connectivity index is 1.86. The van der Waals surface area contributed by atoms with Crippen LogP contribution in [0, 0.1) is 5.82 Å². The Morgan fingerprint density at radius 3 is 3.00 bits per heavy atom. The minimum atomic E-state index is -0.346. The molecule has 0 bridgehead atoms. The number of benzene rings is 1. The van der Waals surface area contributed by atoms with Gasteiger partial charge in [0.15, 0.2) is 5.82 Å². The zero-order chi connectivity index (χ0) is 14.9. The molecular weight excluding hydrogens is 293 g/mol. The van der Waals surface area contributed by atoms with Crippen LogP contribution in [0.1, 0.15) is 37.0 Å². The molecule has 1 saturated heterocycles. The van der Waals surface area contributed by atoms with Crippen molar-refractivity contribution in [3.05, 3.63) is 46.3 Å². The Bertz CT molecular complexity index is 617. The van der Waals surface area contributed by atoms with E-state index in [1.54, 1.807) is 12.1 Å². The molecule has 1 aliphatic rings. The van der Waals surface area contributed by atoms with E-state index in [4.69, 9.17) is 16.1 Å². The van der Waals surface area contributed by atoms with Crippen molar-refractivity contribution in [1.82, 2.24) is 15.5 Å². The number of aromatic nitrogens is 2. The number of hydrogen-bond donors (Lipinski definition) is 1. The first-order valence-electron chi connectivity index (χ1n) is 7.11. The summed E-state index contributed by atoms with van der Waals surface area (Å²) in [6, 6.07) is 4.63. The van der Waals surface area contributed by atoms with Crippen LogP contribution < -0.4 is 5.32 Å². The van der Waals surface area contributed by atoms with Crippen molar-refractivity contribution in [2.45, 2.75) is 31.6 Å². The van der Waals surface area contributed by atoms with Crippen molar-refractivity contribution in [1.29, 1.82) is 0 Å². The van der Waals surface area contributed by atoms with Crippen molar-refractivity contribution >= 4 is 11.6 Å². The highest BCUT2D eigenvalue weighted by molar-refractivity contribution is 6.31. The Hall–Kier alpha value is -1.46. The molecule has 0 spiro atoms. The Morgan fingerprint density at radius 2 is 2.33 bits per heavy atom. The van der Waals surface area contributed by atoms with Crippen LogP contribution in [0.4, 0.5) is 4.39 Å². The van der Waals surface area contributed by atoms with Crippen molar-refractivity contribution < 1.29 is 8.91 Å². The highest BCUT2D eigenvalue weighted by atomic mass is 35.5. The molecule has 6 heteroatoms. The molecule has 0 aliphatic carbocycles. The van der Waals surface area contributed by atoms with Gasteiger partial charge in [0.2, 0.25) is 5.89 Å². The molecule has 0 amide bonds. The minimum absolute atomic E-state index is 0.0930. The van der Waals surface area contributed by atoms with Gasteiger partial charge in [-0.05, 0) is 31.5 Å². The lowest BCUT2D eigenvalue weighted by Gasteiger charge is -2.20. The van der Waals surface area contributed by atoms with Crippen LogP contribution >= 0.6 is 11.6 Å². The van der Waals surface area contributed by atoms with Gasteiger partial charge in [0.25, 0.3) is 0 Å². The molecular formula is C15H17ClFN3O. The second kappa shape index (κ2) is 5.73. The van der Waals surface area contributed by atoms with E-state index in [2.05, 4.69) is 22.4 Å². The molecule has 1 N–H and O–H groups in total. The first-order chi connectivity index (χ1) is 10.1. The van der Waals surface area contributed by atoms with Crippen molar-refractivity contribution in [3.8, 4) is 0 Å². The maximum absolute atomic E-state index is 13.8. The molecule has 2 aromatic rings. The Morgan fingerprint density at radius 1 is 1.48 bits per heavy atom. The largest absolute Gasteiger partial charge is 0.339 e. The van der Waals surface area contributed by atoms with E-state index in [1.165, 1.54) is 6.07 Å². The van der Waals surface area contributed by atoms with Gasteiger partial charge in [-0.1, -0.05) is 29.7 Å². The summed E-state index contributed by atoms with van der Waals surface area (Å²) in [5, 5.41) is 7.71. The molecule has 1 aromatic heterocycles. The molecule has 112 valence electrons. The normalized spacial score (nSPS) is 21.9. The third kappa shape index (κ3) is 2.68. The zero-order valence-corrected chi connectivity index (χ0v) is 12.6. The third-order valence-corrected chi connectivity index (χ3v) is 4.59. The second-order valence-electron chi connectivity index (χ2n) is 5.45. The molecule has 2 heterocycles. The lowest BCUT2D eigenvalue weighted by Crippen LogP contribution is -2.28.